The van der Waals surface area contributed by atoms with E-state index in [9.17, 15) is 0 Å². The van der Waals surface area contributed by atoms with Crippen LogP contribution in [0.3, 0.4) is 0 Å². The molecule has 0 spiro atoms. The summed E-state index contributed by atoms with van der Waals surface area (Å²) in [5, 5.41) is 8.69. The quantitative estimate of drug-likeness (QED) is 0.832. The van der Waals surface area contributed by atoms with E-state index in [1.807, 2.05) is 29.1 Å². The van der Waals surface area contributed by atoms with Gasteiger partial charge in [0.05, 0.1) is 12.2 Å². The van der Waals surface area contributed by atoms with Crippen LogP contribution < -0.4 is 5.73 Å². The lowest BCUT2D eigenvalue weighted by Crippen LogP contribution is -2.28. The lowest BCUT2D eigenvalue weighted by molar-refractivity contribution is 0.233. The van der Waals surface area contributed by atoms with Crippen molar-refractivity contribution in [2.45, 2.75) is 24.8 Å². The molecule has 2 N–H and O–H groups in total. The molecule has 1 heterocycles. The van der Waals surface area contributed by atoms with Gasteiger partial charge in [0.15, 0.2) is 0 Å². The summed E-state index contributed by atoms with van der Waals surface area (Å²) in [6, 6.07) is 6.02. The molecule has 1 aliphatic carbocycles. The van der Waals surface area contributed by atoms with Gasteiger partial charge in [0.2, 0.25) is 0 Å². The van der Waals surface area contributed by atoms with Crippen LogP contribution in [0.15, 0.2) is 30.6 Å². The number of aromatic nitrogens is 3. The molecule has 0 saturated heterocycles. The van der Waals surface area contributed by atoms with Gasteiger partial charge in [0, 0.05) is 22.8 Å². The molecule has 2 aromatic rings. The zero-order valence-corrected chi connectivity index (χ0v) is 10.0. The van der Waals surface area contributed by atoms with Gasteiger partial charge in [0.25, 0.3) is 0 Å². The van der Waals surface area contributed by atoms with Crippen molar-refractivity contribution < 1.29 is 0 Å². The minimum atomic E-state index is 0.358. The van der Waals surface area contributed by atoms with Gasteiger partial charge in [-0.2, -0.15) is 0 Å². The van der Waals surface area contributed by atoms with Crippen molar-refractivity contribution in [2.24, 2.45) is 0 Å². The fourth-order valence-corrected chi connectivity index (χ4v) is 2.66. The Balaban J connectivity index is 1.92. The van der Waals surface area contributed by atoms with E-state index in [0.717, 1.165) is 29.1 Å². The molecule has 1 fully saturated rings. The molecule has 1 aromatic heterocycles. The maximum absolute atomic E-state index is 6.23. The van der Waals surface area contributed by atoms with E-state index in [0.29, 0.717) is 12.0 Å². The van der Waals surface area contributed by atoms with E-state index in [2.05, 4.69) is 10.3 Å². The summed E-state index contributed by atoms with van der Waals surface area (Å²) in [5.41, 5.74) is 7.70. The Morgan fingerprint density at radius 1 is 1.35 bits per heavy atom. The van der Waals surface area contributed by atoms with Crippen LogP contribution >= 0.6 is 11.6 Å². The molecule has 0 bridgehead atoms. The van der Waals surface area contributed by atoms with Crippen LogP contribution in [0.5, 0.6) is 0 Å². The first-order chi connectivity index (χ1) is 8.25. The Bertz CT molecular complexity index is 523. The molecule has 17 heavy (non-hydrogen) atoms. The molecular formula is C12H13ClN4. The van der Waals surface area contributed by atoms with E-state index in [1.54, 1.807) is 6.20 Å². The number of benzene rings is 1. The Morgan fingerprint density at radius 3 is 2.88 bits per heavy atom. The first-order valence-electron chi connectivity index (χ1n) is 5.66. The molecule has 0 aliphatic heterocycles. The molecule has 4 nitrogen and oxygen atoms in total. The van der Waals surface area contributed by atoms with Gasteiger partial charge in [-0.3, -0.25) is 0 Å². The summed E-state index contributed by atoms with van der Waals surface area (Å²) in [5.74, 6) is 0.396. The van der Waals surface area contributed by atoms with Crippen LogP contribution in [-0.2, 0) is 0 Å². The minimum absolute atomic E-state index is 0.358. The van der Waals surface area contributed by atoms with Crippen molar-refractivity contribution in [1.29, 1.82) is 0 Å². The first kappa shape index (κ1) is 10.6. The third-order valence-corrected chi connectivity index (χ3v) is 3.78. The number of nitrogens with two attached hydrogens (primary N) is 1. The maximum Gasteiger partial charge on any atom is 0.0693 e. The third-order valence-electron chi connectivity index (χ3n) is 3.44. The molecule has 88 valence electrons. The zero-order chi connectivity index (χ0) is 11.8. The highest BCUT2D eigenvalue weighted by molar-refractivity contribution is 6.31. The van der Waals surface area contributed by atoms with Gasteiger partial charge >= 0.3 is 0 Å². The molecular weight excluding hydrogens is 236 g/mol. The average molecular weight is 249 g/mol. The van der Waals surface area contributed by atoms with E-state index >= 15 is 0 Å². The molecule has 3 rings (SSSR count). The van der Waals surface area contributed by atoms with Crippen molar-refractivity contribution >= 4 is 17.3 Å². The Hall–Kier alpha value is -1.55. The van der Waals surface area contributed by atoms with Crippen LogP contribution in [0.2, 0.25) is 5.02 Å². The van der Waals surface area contributed by atoms with Crippen molar-refractivity contribution in [2.75, 3.05) is 5.73 Å². The highest BCUT2D eigenvalue weighted by atomic mass is 35.5. The van der Waals surface area contributed by atoms with Gasteiger partial charge in [-0.25, -0.2) is 4.68 Å². The first-order valence-corrected chi connectivity index (χ1v) is 6.04. The fourth-order valence-electron chi connectivity index (χ4n) is 2.40. The average Bonchev–Trinajstić information content (AvgIpc) is 2.75. The van der Waals surface area contributed by atoms with Crippen LogP contribution in [0, 0.1) is 0 Å². The number of nitrogen functional groups attached to an aromatic ring is 1. The van der Waals surface area contributed by atoms with E-state index < -0.39 is 0 Å². The van der Waals surface area contributed by atoms with Crippen LogP contribution in [0.25, 0.3) is 0 Å². The fraction of sp³-hybridized carbons (Fsp3) is 0.333. The lowest BCUT2D eigenvalue weighted by atomic mass is 9.75. The summed E-state index contributed by atoms with van der Waals surface area (Å²) >= 11 is 6.23. The highest BCUT2D eigenvalue weighted by Gasteiger charge is 2.35. The SMILES string of the molecule is Nc1ccc(Cl)c([C@@H]2CC[C@@H]2n2ccnn2)c1. The summed E-state index contributed by atoms with van der Waals surface area (Å²) in [6.45, 7) is 0. The summed E-state index contributed by atoms with van der Waals surface area (Å²) < 4.78 is 1.91. The van der Waals surface area contributed by atoms with Crippen molar-refractivity contribution in [3.05, 3.63) is 41.2 Å². The second-order valence-corrected chi connectivity index (χ2v) is 4.82. The monoisotopic (exact) mass is 248 g/mol. The molecule has 0 amide bonds. The molecule has 0 unspecified atom stereocenters. The van der Waals surface area contributed by atoms with Crippen LogP contribution in [0.4, 0.5) is 5.69 Å². The van der Waals surface area contributed by atoms with Gasteiger partial charge < -0.3 is 5.73 Å². The number of hydrogen-bond donors (Lipinski definition) is 1. The predicted octanol–water partition coefficient (Wildman–Crippen LogP) is 2.63. The Morgan fingerprint density at radius 2 is 2.24 bits per heavy atom. The Kier molecular flexibility index (Phi) is 2.52. The predicted molar refractivity (Wildman–Crippen MR) is 66.9 cm³/mol. The van der Waals surface area contributed by atoms with E-state index in [4.69, 9.17) is 17.3 Å². The third kappa shape index (κ3) is 1.78. The molecule has 1 aliphatic rings. The largest absolute Gasteiger partial charge is 0.399 e. The van der Waals surface area contributed by atoms with Crippen molar-refractivity contribution in [1.82, 2.24) is 15.0 Å². The Labute approximate surface area is 104 Å². The molecule has 1 saturated carbocycles. The van der Waals surface area contributed by atoms with Crippen LogP contribution in [-0.4, -0.2) is 15.0 Å². The summed E-state index contributed by atoms with van der Waals surface area (Å²) in [7, 11) is 0. The zero-order valence-electron chi connectivity index (χ0n) is 9.25. The molecule has 2 atom stereocenters. The van der Waals surface area contributed by atoms with Crippen molar-refractivity contribution in [3.63, 3.8) is 0 Å². The van der Waals surface area contributed by atoms with Gasteiger partial charge in [0.1, 0.15) is 0 Å². The van der Waals surface area contributed by atoms with Crippen molar-refractivity contribution in [3.8, 4) is 0 Å². The molecule has 0 radical (unpaired) electrons. The van der Waals surface area contributed by atoms with E-state index in [-0.39, 0.29) is 0 Å². The number of anilines is 1. The standard InChI is InChI=1S/C12H13ClN4/c13-11-3-1-8(14)7-10(11)9-2-4-12(9)17-6-5-15-16-17/h1,3,5-7,9,12H,2,4,14H2/t9-,12-/m0/s1. The van der Waals surface area contributed by atoms with Gasteiger partial charge in [-0.15, -0.1) is 5.10 Å². The normalized spacial score (nSPS) is 23.4. The number of hydrogen-bond acceptors (Lipinski definition) is 3. The molecule has 1 aromatic carbocycles. The van der Waals surface area contributed by atoms with E-state index in [1.165, 1.54) is 0 Å². The van der Waals surface area contributed by atoms with Crippen LogP contribution in [0.1, 0.15) is 30.4 Å². The second-order valence-electron chi connectivity index (χ2n) is 4.42. The summed E-state index contributed by atoms with van der Waals surface area (Å²) in [6.07, 6.45) is 5.83. The highest BCUT2D eigenvalue weighted by Crippen LogP contribution is 2.47. The summed E-state index contributed by atoms with van der Waals surface area (Å²) in [4.78, 5) is 0. The lowest BCUT2D eigenvalue weighted by Gasteiger charge is -2.37. The number of halogens is 1. The number of rotatable bonds is 2. The van der Waals surface area contributed by atoms with Gasteiger partial charge in [-0.05, 0) is 36.6 Å². The maximum atomic E-state index is 6.23. The molecule has 5 heteroatoms. The number of nitrogens with zero attached hydrogens (tertiary/aromatic N) is 3. The topological polar surface area (TPSA) is 56.7 Å². The van der Waals surface area contributed by atoms with Gasteiger partial charge in [-0.1, -0.05) is 16.8 Å². The second kappa shape index (κ2) is 4.04. The minimum Gasteiger partial charge on any atom is -0.399 e. The smallest absolute Gasteiger partial charge is 0.0693 e.